The van der Waals surface area contributed by atoms with Crippen molar-refractivity contribution in [2.24, 2.45) is 0 Å². The number of aryl methyl sites for hydroxylation is 2. The Kier molecular flexibility index (Phi) is 6.48. The van der Waals surface area contributed by atoms with Gasteiger partial charge in [-0.3, -0.25) is 9.10 Å². The van der Waals surface area contributed by atoms with E-state index in [0.29, 0.717) is 22.0 Å². The smallest absolute Gasteiger partial charge is 0.264 e. The van der Waals surface area contributed by atoms with Crippen LogP contribution in [0, 0.1) is 20.8 Å². The molecule has 5 nitrogen and oxygen atoms in total. The zero-order chi connectivity index (χ0) is 21.9. The number of halogens is 1. The molecule has 0 heterocycles. The van der Waals surface area contributed by atoms with Gasteiger partial charge in [0, 0.05) is 10.7 Å². The molecule has 156 valence electrons. The first kappa shape index (κ1) is 21.9. The van der Waals surface area contributed by atoms with Crippen molar-refractivity contribution < 1.29 is 13.2 Å². The minimum Gasteiger partial charge on any atom is -0.324 e. The van der Waals surface area contributed by atoms with Gasteiger partial charge >= 0.3 is 0 Å². The average molecular weight is 443 g/mol. The number of nitrogens with one attached hydrogen (secondary N) is 1. The highest BCUT2D eigenvalue weighted by Crippen LogP contribution is 2.31. The number of amides is 1. The monoisotopic (exact) mass is 442 g/mol. The summed E-state index contributed by atoms with van der Waals surface area (Å²) in [5.74, 6) is -0.445. The standard InChI is InChI=1S/C23H23ClN2O3S/c1-16-11-13-19(14-12-16)30(28,29)26(22-10-6-8-20(24)18(22)3)15-23(27)25-21-9-5-4-7-17(21)2/h4-14H,15H2,1-3H3,(H,25,27). The molecule has 0 aliphatic carbocycles. The molecule has 0 saturated carbocycles. The molecule has 0 aliphatic heterocycles. The van der Waals surface area contributed by atoms with Gasteiger partial charge in [-0.2, -0.15) is 0 Å². The van der Waals surface area contributed by atoms with Gasteiger partial charge in [-0.05, 0) is 62.2 Å². The molecule has 0 fully saturated rings. The molecule has 0 bridgehead atoms. The molecule has 30 heavy (non-hydrogen) atoms. The summed E-state index contributed by atoms with van der Waals surface area (Å²) < 4.78 is 28.0. The van der Waals surface area contributed by atoms with Gasteiger partial charge in [-0.25, -0.2) is 8.42 Å². The number of anilines is 2. The zero-order valence-electron chi connectivity index (χ0n) is 17.0. The molecule has 0 aliphatic rings. The van der Waals surface area contributed by atoms with E-state index in [0.717, 1.165) is 15.4 Å². The van der Waals surface area contributed by atoms with Crippen LogP contribution in [0.25, 0.3) is 0 Å². The summed E-state index contributed by atoms with van der Waals surface area (Å²) in [6.45, 7) is 5.10. The van der Waals surface area contributed by atoms with E-state index in [-0.39, 0.29) is 11.4 Å². The van der Waals surface area contributed by atoms with Gasteiger partial charge in [0.05, 0.1) is 10.6 Å². The summed E-state index contributed by atoms with van der Waals surface area (Å²) in [5, 5.41) is 3.23. The summed E-state index contributed by atoms with van der Waals surface area (Å²) >= 11 is 6.24. The van der Waals surface area contributed by atoms with Crippen molar-refractivity contribution >= 4 is 38.9 Å². The fourth-order valence-electron chi connectivity index (χ4n) is 3.04. The van der Waals surface area contributed by atoms with Crippen LogP contribution in [0.3, 0.4) is 0 Å². The van der Waals surface area contributed by atoms with Gasteiger partial charge in [-0.15, -0.1) is 0 Å². The summed E-state index contributed by atoms with van der Waals surface area (Å²) in [5.41, 5.74) is 3.41. The van der Waals surface area contributed by atoms with Crippen molar-refractivity contribution in [3.8, 4) is 0 Å². The summed E-state index contributed by atoms with van der Waals surface area (Å²) in [4.78, 5) is 12.9. The molecular weight excluding hydrogens is 420 g/mol. The number of carbonyl (C=O) groups is 1. The lowest BCUT2D eigenvalue weighted by molar-refractivity contribution is -0.114. The van der Waals surface area contributed by atoms with Gasteiger partial charge in [0.15, 0.2) is 0 Å². The van der Waals surface area contributed by atoms with E-state index in [1.54, 1.807) is 43.3 Å². The second-order valence-corrected chi connectivity index (χ2v) is 9.34. The Morgan fingerprint density at radius 1 is 0.933 bits per heavy atom. The average Bonchev–Trinajstić information content (AvgIpc) is 2.70. The van der Waals surface area contributed by atoms with E-state index < -0.39 is 15.9 Å². The molecule has 0 atom stereocenters. The highest BCUT2D eigenvalue weighted by molar-refractivity contribution is 7.92. The van der Waals surface area contributed by atoms with E-state index in [9.17, 15) is 13.2 Å². The predicted octanol–water partition coefficient (Wildman–Crippen LogP) is 5.10. The lowest BCUT2D eigenvalue weighted by atomic mass is 10.2. The van der Waals surface area contributed by atoms with Crippen LogP contribution < -0.4 is 9.62 Å². The highest BCUT2D eigenvalue weighted by Gasteiger charge is 2.28. The van der Waals surface area contributed by atoms with Crippen molar-refractivity contribution in [3.63, 3.8) is 0 Å². The minimum atomic E-state index is -3.99. The largest absolute Gasteiger partial charge is 0.324 e. The van der Waals surface area contributed by atoms with Gasteiger partial charge in [0.25, 0.3) is 10.0 Å². The van der Waals surface area contributed by atoms with Crippen molar-refractivity contribution in [2.45, 2.75) is 25.7 Å². The molecule has 0 aromatic heterocycles. The molecule has 1 amide bonds. The fourth-order valence-corrected chi connectivity index (χ4v) is 4.68. The molecule has 7 heteroatoms. The number of hydrogen-bond donors (Lipinski definition) is 1. The zero-order valence-corrected chi connectivity index (χ0v) is 18.6. The van der Waals surface area contributed by atoms with Crippen molar-refractivity contribution in [2.75, 3.05) is 16.2 Å². The van der Waals surface area contributed by atoms with Crippen LogP contribution in [0.2, 0.25) is 5.02 Å². The van der Waals surface area contributed by atoms with Crippen LogP contribution in [0.4, 0.5) is 11.4 Å². The van der Waals surface area contributed by atoms with E-state index in [1.807, 2.05) is 32.0 Å². The molecule has 0 saturated heterocycles. The first-order valence-corrected chi connectivity index (χ1v) is 11.2. The third-order valence-electron chi connectivity index (χ3n) is 4.82. The first-order chi connectivity index (χ1) is 14.2. The van der Waals surface area contributed by atoms with Crippen LogP contribution in [0.15, 0.2) is 71.6 Å². The third kappa shape index (κ3) is 4.66. The van der Waals surface area contributed by atoms with Crippen LogP contribution in [-0.2, 0) is 14.8 Å². The van der Waals surface area contributed by atoms with Crippen LogP contribution >= 0.6 is 11.6 Å². The Balaban J connectivity index is 2.02. The Morgan fingerprint density at radius 2 is 1.60 bits per heavy atom. The lowest BCUT2D eigenvalue weighted by Crippen LogP contribution is -2.38. The second kappa shape index (κ2) is 8.90. The third-order valence-corrected chi connectivity index (χ3v) is 7.01. The van der Waals surface area contributed by atoms with Crippen LogP contribution in [0.1, 0.15) is 16.7 Å². The maximum Gasteiger partial charge on any atom is 0.264 e. The van der Waals surface area contributed by atoms with E-state index in [4.69, 9.17) is 11.6 Å². The van der Waals surface area contributed by atoms with Gasteiger partial charge in [0.1, 0.15) is 6.54 Å². The molecular formula is C23H23ClN2O3S. The van der Waals surface area contributed by atoms with E-state index >= 15 is 0 Å². The number of para-hydroxylation sites is 1. The first-order valence-electron chi connectivity index (χ1n) is 9.40. The molecule has 3 aromatic rings. The maximum atomic E-state index is 13.5. The van der Waals surface area contributed by atoms with Crippen molar-refractivity contribution in [1.82, 2.24) is 0 Å². The lowest BCUT2D eigenvalue weighted by Gasteiger charge is -2.26. The Labute approximate surface area is 182 Å². The molecule has 0 spiro atoms. The van der Waals surface area contributed by atoms with Crippen molar-refractivity contribution in [1.29, 1.82) is 0 Å². The summed E-state index contributed by atoms with van der Waals surface area (Å²) in [6.07, 6.45) is 0. The van der Waals surface area contributed by atoms with Gasteiger partial charge < -0.3 is 5.32 Å². The molecule has 0 unspecified atom stereocenters. The Morgan fingerprint density at radius 3 is 2.27 bits per heavy atom. The Hall–Kier alpha value is -2.83. The van der Waals surface area contributed by atoms with E-state index in [1.165, 1.54) is 12.1 Å². The SMILES string of the molecule is Cc1ccc(S(=O)(=O)N(CC(=O)Nc2ccccc2C)c2cccc(Cl)c2C)cc1. The molecule has 0 radical (unpaired) electrons. The van der Waals surface area contributed by atoms with Crippen LogP contribution in [0.5, 0.6) is 0 Å². The fraction of sp³-hybridized carbons (Fsp3) is 0.174. The summed E-state index contributed by atoms with van der Waals surface area (Å²) in [7, 11) is -3.99. The number of rotatable bonds is 6. The molecule has 3 rings (SSSR count). The summed E-state index contributed by atoms with van der Waals surface area (Å²) in [6, 6.07) is 18.9. The number of carbonyl (C=O) groups excluding carboxylic acids is 1. The number of sulfonamides is 1. The number of benzene rings is 3. The normalized spacial score (nSPS) is 11.2. The predicted molar refractivity (Wildman–Crippen MR) is 122 cm³/mol. The highest BCUT2D eigenvalue weighted by atomic mass is 35.5. The Bertz CT molecular complexity index is 1180. The number of nitrogens with zero attached hydrogens (tertiary/aromatic N) is 1. The topological polar surface area (TPSA) is 66.5 Å². The molecule has 1 N–H and O–H groups in total. The molecule has 3 aromatic carbocycles. The van der Waals surface area contributed by atoms with Gasteiger partial charge in [-0.1, -0.05) is 53.6 Å². The van der Waals surface area contributed by atoms with Crippen molar-refractivity contribution in [3.05, 3.63) is 88.4 Å². The van der Waals surface area contributed by atoms with E-state index in [2.05, 4.69) is 5.32 Å². The maximum absolute atomic E-state index is 13.5. The quantitative estimate of drug-likeness (QED) is 0.577. The minimum absolute atomic E-state index is 0.108. The van der Waals surface area contributed by atoms with Gasteiger partial charge in [0.2, 0.25) is 5.91 Å². The second-order valence-electron chi connectivity index (χ2n) is 7.07. The van der Waals surface area contributed by atoms with Crippen LogP contribution in [-0.4, -0.2) is 20.9 Å². The number of hydrogen-bond acceptors (Lipinski definition) is 3.